The van der Waals surface area contributed by atoms with Crippen LogP contribution in [0.5, 0.6) is 5.75 Å². The molecule has 1 N–H and O–H groups in total. The molecule has 0 bridgehead atoms. The fourth-order valence-electron chi connectivity index (χ4n) is 5.62. The molecule has 5 nitrogen and oxygen atoms in total. The van der Waals surface area contributed by atoms with Crippen molar-refractivity contribution in [2.45, 2.75) is 63.6 Å². The molecule has 4 unspecified atom stereocenters. The number of ether oxygens (including phenoxy) is 1. The molecule has 31 heavy (non-hydrogen) atoms. The summed E-state index contributed by atoms with van der Waals surface area (Å²) >= 11 is 0. The van der Waals surface area contributed by atoms with Gasteiger partial charge < -0.3 is 9.64 Å². The highest BCUT2D eigenvalue weighted by atomic mass is 16.5. The van der Waals surface area contributed by atoms with E-state index in [1.165, 1.54) is 24.0 Å². The van der Waals surface area contributed by atoms with Crippen molar-refractivity contribution in [3.63, 3.8) is 0 Å². The molecule has 2 heterocycles. The molecule has 4 atom stereocenters. The third-order valence-corrected chi connectivity index (χ3v) is 7.48. The van der Waals surface area contributed by atoms with Crippen molar-refractivity contribution < 1.29 is 9.53 Å². The number of carbonyl (C=O) groups is 1. The number of methoxy groups -OCH3 is 1. The Morgan fingerprint density at radius 3 is 2.68 bits per heavy atom. The second-order valence-corrected chi connectivity index (χ2v) is 9.23. The van der Waals surface area contributed by atoms with Crippen LogP contribution in [0, 0.1) is 5.92 Å². The van der Waals surface area contributed by atoms with Gasteiger partial charge in [-0.05, 0) is 61.3 Å². The second-order valence-electron chi connectivity index (χ2n) is 9.23. The van der Waals surface area contributed by atoms with E-state index < -0.39 is 0 Å². The molecule has 1 saturated heterocycles. The van der Waals surface area contributed by atoms with Gasteiger partial charge in [0.15, 0.2) is 0 Å². The van der Waals surface area contributed by atoms with Crippen molar-refractivity contribution in [2.24, 2.45) is 5.92 Å². The molecule has 2 aromatic carbocycles. The van der Waals surface area contributed by atoms with Gasteiger partial charge in [-0.25, -0.2) is 10.4 Å². The fourth-order valence-corrected chi connectivity index (χ4v) is 5.62. The van der Waals surface area contributed by atoms with E-state index in [1.54, 1.807) is 7.11 Å². The number of hydrogen-bond acceptors (Lipinski definition) is 4. The Balaban J connectivity index is 1.42. The molecule has 2 aliphatic heterocycles. The van der Waals surface area contributed by atoms with Crippen molar-refractivity contribution in [3.8, 4) is 5.75 Å². The number of carbonyl (C=O) groups excluding carboxylic acids is 1. The summed E-state index contributed by atoms with van der Waals surface area (Å²) in [5, 5.41) is 2.48. The normalized spacial score (nSPS) is 27.6. The van der Waals surface area contributed by atoms with Gasteiger partial charge in [-0.1, -0.05) is 37.3 Å². The van der Waals surface area contributed by atoms with E-state index >= 15 is 0 Å². The summed E-state index contributed by atoms with van der Waals surface area (Å²) < 4.78 is 5.78. The highest BCUT2D eigenvalue weighted by molar-refractivity contribution is 6.01. The first-order chi connectivity index (χ1) is 15.1. The van der Waals surface area contributed by atoms with E-state index in [4.69, 9.17) is 4.74 Å². The van der Waals surface area contributed by atoms with Gasteiger partial charge in [0, 0.05) is 42.8 Å². The number of anilines is 1. The fraction of sp³-hybridized carbons (Fsp3) is 0.500. The molecule has 5 heteroatoms. The number of benzene rings is 2. The Morgan fingerprint density at radius 2 is 1.94 bits per heavy atom. The minimum atomic E-state index is 0.177. The zero-order chi connectivity index (χ0) is 21.5. The average Bonchev–Trinajstić information content (AvgIpc) is 3.62. The number of hydrazine groups is 1. The molecule has 2 fully saturated rings. The number of nitrogens with one attached hydrogen (secondary N) is 1. The summed E-state index contributed by atoms with van der Waals surface area (Å²) in [7, 11) is 3.65. The number of fused-ring (bicyclic) bond motifs is 3. The number of hydrogen-bond donors (Lipinski definition) is 1. The van der Waals surface area contributed by atoms with Gasteiger partial charge in [-0.3, -0.25) is 4.79 Å². The molecular formula is C26H33N3O2. The number of piperidine rings is 1. The first kappa shape index (κ1) is 20.5. The molecule has 0 radical (unpaired) electrons. The highest BCUT2D eigenvalue weighted by Gasteiger charge is 2.50. The van der Waals surface area contributed by atoms with Crippen LogP contribution in [0.1, 0.15) is 67.7 Å². The van der Waals surface area contributed by atoms with Crippen LogP contribution < -0.4 is 15.1 Å². The number of amides is 1. The number of rotatable bonds is 6. The summed E-state index contributed by atoms with van der Waals surface area (Å²) in [6.45, 7) is 2.96. The molecule has 2 aromatic rings. The second kappa shape index (κ2) is 8.29. The van der Waals surface area contributed by atoms with Gasteiger partial charge in [0.05, 0.1) is 7.11 Å². The van der Waals surface area contributed by atoms with E-state index in [0.29, 0.717) is 24.5 Å². The zero-order valence-electron chi connectivity index (χ0n) is 18.8. The molecule has 0 spiro atoms. The quantitative estimate of drug-likeness (QED) is 0.732. The molecule has 3 aliphatic rings. The Kier molecular flexibility index (Phi) is 5.49. The SMILES string of the molecule is CCC1CCCC(c2ccccc2)N1NCc1cc2c(cc1OC)C1CC1C(=O)N2C. The minimum Gasteiger partial charge on any atom is -0.496 e. The summed E-state index contributed by atoms with van der Waals surface area (Å²) in [5.74, 6) is 1.73. The Morgan fingerprint density at radius 1 is 1.13 bits per heavy atom. The lowest BCUT2D eigenvalue weighted by molar-refractivity contribution is -0.119. The van der Waals surface area contributed by atoms with E-state index in [-0.39, 0.29) is 11.8 Å². The van der Waals surface area contributed by atoms with E-state index in [1.807, 2.05) is 11.9 Å². The number of nitrogens with zero attached hydrogens (tertiary/aromatic N) is 2. The first-order valence-corrected chi connectivity index (χ1v) is 11.7. The molecule has 1 aliphatic carbocycles. The lowest BCUT2D eigenvalue weighted by atomic mass is 9.91. The van der Waals surface area contributed by atoms with Crippen LogP contribution in [0.25, 0.3) is 0 Å². The van der Waals surface area contributed by atoms with Crippen LogP contribution >= 0.6 is 0 Å². The first-order valence-electron chi connectivity index (χ1n) is 11.7. The Labute approximate surface area is 185 Å². The van der Waals surface area contributed by atoms with E-state index in [0.717, 1.165) is 36.3 Å². The predicted molar refractivity (Wildman–Crippen MR) is 123 cm³/mol. The molecule has 5 rings (SSSR count). The van der Waals surface area contributed by atoms with Crippen molar-refractivity contribution in [3.05, 3.63) is 59.2 Å². The topological polar surface area (TPSA) is 44.8 Å². The van der Waals surface area contributed by atoms with Gasteiger partial charge in [-0.15, -0.1) is 0 Å². The van der Waals surface area contributed by atoms with Crippen molar-refractivity contribution in [2.75, 3.05) is 19.1 Å². The van der Waals surface area contributed by atoms with Gasteiger partial charge in [0.25, 0.3) is 0 Å². The van der Waals surface area contributed by atoms with Gasteiger partial charge in [0.1, 0.15) is 5.75 Å². The minimum absolute atomic E-state index is 0.177. The van der Waals surface area contributed by atoms with Crippen LogP contribution in [0.15, 0.2) is 42.5 Å². The van der Waals surface area contributed by atoms with Crippen molar-refractivity contribution in [1.29, 1.82) is 0 Å². The summed E-state index contributed by atoms with van der Waals surface area (Å²) in [6, 6.07) is 16.0. The van der Waals surface area contributed by atoms with Crippen LogP contribution in [0.4, 0.5) is 5.69 Å². The van der Waals surface area contributed by atoms with Crippen molar-refractivity contribution >= 4 is 11.6 Å². The lowest BCUT2D eigenvalue weighted by Gasteiger charge is -2.42. The maximum atomic E-state index is 12.6. The van der Waals surface area contributed by atoms with Crippen LogP contribution in [0.2, 0.25) is 0 Å². The van der Waals surface area contributed by atoms with Crippen LogP contribution in [-0.4, -0.2) is 31.1 Å². The molecule has 1 saturated carbocycles. The summed E-state index contributed by atoms with van der Waals surface area (Å²) in [6.07, 6.45) is 5.73. The van der Waals surface area contributed by atoms with E-state index in [9.17, 15) is 4.79 Å². The molecule has 164 valence electrons. The maximum Gasteiger partial charge on any atom is 0.230 e. The van der Waals surface area contributed by atoms with Gasteiger partial charge in [0.2, 0.25) is 5.91 Å². The maximum absolute atomic E-state index is 12.6. The molecule has 0 aromatic heterocycles. The summed E-state index contributed by atoms with van der Waals surface area (Å²) in [5.41, 5.74) is 8.55. The predicted octanol–water partition coefficient (Wildman–Crippen LogP) is 4.79. The molecular weight excluding hydrogens is 386 g/mol. The standard InChI is InChI=1S/C26H33N3O2/c1-4-19-11-8-12-23(17-9-6-5-7-10-17)29(19)27-16-18-13-24-21(15-25(18)31-3)20-14-22(20)26(30)28(24)2/h5-7,9-10,13,15,19-20,22-23,27H,4,8,11-12,14,16H2,1-3H3. The van der Waals surface area contributed by atoms with Gasteiger partial charge >= 0.3 is 0 Å². The van der Waals surface area contributed by atoms with E-state index in [2.05, 4.69) is 59.8 Å². The zero-order valence-corrected chi connectivity index (χ0v) is 18.8. The smallest absolute Gasteiger partial charge is 0.230 e. The third kappa shape index (κ3) is 3.64. The Bertz CT molecular complexity index is 961. The molecule has 1 amide bonds. The van der Waals surface area contributed by atoms with Crippen LogP contribution in [-0.2, 0) is 11.3 Å². The van der Waals surface area contributed by atoms with Crippen molar-refractivity contribution in [1.82, 2.24) is 10.4 Å². The largest absolute Gasteiger partial charge is 0.496 e. The summed E-state index contributed by atoms with van der Waals surface area (Å²) in [4.78, 5) is 14.4. The lowest BCUT2D eigenvalue weighted by Crippen LogP contribution is -2.49. The van der Waals surface area contributed by atoms with Gasteiger partial charge in [-0.2, -0.15) is 0 Å². The highest BCUT2D eigenvalue weighted by Crippen LogP contribution is 2.56. The third-order valence-electron chi connectivity index (χ3n) is 7.48. The average molecular weight is 420 g/mol. The Hall–Kier alpha value is -2.37. The monoisotopic (exact) mass is 419 g/mol. The van der Waals surface area contributed by atoms with Crippen LogP contribution in [0.3, 0.4) is 0 Å².